The maximum atomic E-state index is 8.55. The quantitative estimate of drug-likeness (QED) is 0.591. The summed E-state index contributed by atoms with van der Waals surface area (Å²) in [5.74, 6) is 0. The van der Waals surface area contributed by atoms with Crippen LogP contribution in [0.4, 0.5) is 0 Å². The van der Waals surface area contributed by atoms with Crippen LogP contribution in [0.1, 0.15) is 19.8 Å². The molecule has 1 aliphatic heterocycles. The molecule has 0 aromatic heterocycles. The molecule has 3 heteroatoms. The zero-order valence-electron chi connectivity index (χ0n) is 8.50. The Bertz CT molecular complexity index is 167. The first-order valence-corrected chi connectivity index (χ1v) is 5.18. The van der Waals surface area contributed by atoms with Crippen LogP contribution >= 0.6 is 0 Å². The zero-order chi connectivity index (χ0) is 9.52. The van der Waals surface area contributed by atoms with Crippen molar-refractivity contribution in [2.45, 2.75) is 19.8 Å². The molecule has 1 fully saturated rings. The number of nitriles is 1. The molecule has 0 atom stereocenters. The predicted molar refractivity (Wildman–Crippen MR) is 53.4 cm³/mol. The van der Waals surface area contributed by atoms with E-state index >= 15 is 0 Å². The van der Waals surface area contributed by atoms with Crippen LogP contribution in [0.5, 0.6) is 0 Å². The minimum Gasteiger partial charge on any atom is -0.302 e. The van der Waals surface area contributed by atoms with Gasteiger partial charge in [0.1, 0.15) is 0 Å². The van der Waals surface area contributed by atoms with Crippen LogP contribution in [-0.2, 0) is 0 Å². The van der Waals surface area contributed by atoms with Crippen LogP contribution < -0.4 is 0 Å². The lowest BCUT2D eigenvalue weighted by atomic mass is 10.4. The van der Waals surface area contributed by atoms with E-state index in [1.807, 2.05) is 0 Å². The molecular weight excluding hydrogens is 162 g/mol. The summed E-state index contributed by atoms with van der Waals surface area (Å²) < 4.78 is 0. The highest BCUT2D eigenvalue weighted by Gasteiger charge is 2.11. The highest BCUT2D eigenvalue weighted by Crippen LogP contribution is 2.06. The lowest BCUT2D eigenvalue weighted by molar-refractivity contribution is 0.250. The Morgan fingerprint density at radius 1 is 1.38 bits per heavy atom. The van der Waals surface area contributed by atoms with Crippen LogP contribution in [0.2, 0.25) is 0 Å². The molecular formula is C10H19N3. The number of likely N-dealkylation sites (tertiary alicyclic amines) is 1. The molecule has 1 saturated heterocycles. The van der Waals surface area contributed by atoms with E-state index in [1.54, 1.807) is 0 Å². The zero-order valence-corrected chi connectivity index (χ0v) is 8.50. The first-order chi connectivity index (χ1) is 6.36. The molecule has 0 aromatic carbocycles. The van der Waals surface area contributed by atoms with E-state index in [-0.39, 0.29) is 0 Å². The van der Waals surface area contributed by atoms with Gasteiger partial charge in [-0.3, -0.25) is 4.90 Å². The van der Waals surface area contributed by atoms with Crippen LogP contribution in [0.25, 0.3) is 0 Å². The predicted octanol–water partition coefficient (Wildman–Crippen LogP) is 0.928. The second-order valence-corrected chi connectivity index (χ2v) is 3.58. The van der Waals surface area contributed by atoms with Crippen LogP contribution in [0.3, 0.4) is 0 Å². The molecule has 0 bridgehead atoms. The molecule has 3 nitrogen and oxygen atoms in total. The average Bonchev–Trinajstić information content (AvgIpc) is 2.64. The fourth-order valence-electron chi connectivity index (χ4n) is 1.74. The topological polar surface area (TPSA) is 30.3 Å². The molecule has 0 N–H and O–H groups in total. The minimum atomic E-state index is 0.574. The molecule has 0 saturated carbocycles. The standard InChI is InChI=1S/C10H19N3/c1-2-12(8-5-11)9-10-13-6-3-4-7-13/h2-4,6-10H2,1H3. The molecule has 1 rings (SSSR count). The lowest BCUT2D eigenvalue weighted by Gasteiger charge is -2.21. The van der Waals surface area contributed by atoms with E-state index < -0.39 is 0 Å². The summed E-state index contributed by atoms with van der Waals surface area (Å²) in [6.07, 6.45) is 2.70. The van der Waals surface area contributed by atoms with Gasteiger partial charge in [0.25, 0.3) is 0 Å². The van der Waals surface area contributed by atoms with E-state index in [2.05, 4.69) is 22.8 Å². The highest BCUT2D eigenvalue weighted by atomic mass is 15.2. The Labute approximate surface area is 80.9 Å². The van der Waals surface area contributed by atoms with Gasteiger partial charge in [-0.15, -0.1) is 0 Å². The molecule has 0 amide bonds. The summed E-state index contributed by atoms with van der Waals surface area (Å²) in [6, 6.07) is 2.20. The minimum absolute atomic E-state index is 0.574. The second-order valence-electron chi connectivity index (χ2n) is 3.58. The van der Waals surface area contributed by atoms with E-state index in [1.165, 1.54) is 25.9 Å². The fraction of sp³-hybridized carbons (Fsp3) is 0.900. The number of nitrogens with zero attached hydrogens (tertiary/aromatic N) is 3. The van der Waals surface area contributed by atoms with Crippen molar-refractivity contribution in [3.05, 3.63) is 0 Å². The van der Waals surface area contributed by atoms with Gasteiger partial charge in [0.05, 0.1) is 12.6 Å². The molecule has 0 radical (unpaired) electrons. The third kappa shape index (κ3) is 3.75. The van der Waals surface area contributed by atoms with E-state index in [4.69, 9.17) is 5.26 Å². The van der Waals surface area contributed by atoms with Crippen LogP contribution in [0.15, 0.2) is 0 Å². The molecule has 1 heterocycles. The largest absolute Gasteiger partial charge is 0.302 e. The van der Waals surface area contributed by atoms with Crippen molar-refractivity contribution < 1.29 is 0 Å². The van der Waals surface area contributed by atoms with Crippen molar-refractivity contribution >= 4 is 0 Å². The molecule has 0 spiro atoms. The van der Waals surface area contributed by atoms with Gasteiger partial charge in [0.2, 0.25) is 0 Å². The normalized spacial score (nSPS) is 17.9. The Balaban J connectivity index is 2.11. The van der Waals surface area contributed by atoms with Crippen molar-refractivity contribution in [3.63, 3.8) is 0 Å². The van der Waals surface area contributed by atoms with Crippen molar-refractivity contribution in [1.29, 1.82) is 5.26 Å². The van der Waals surface area contributed by atoms with Crippen molar-refractivity contribution in [2.24, 2.45) is 0 Å². The lowest BCUT2D eigenvalue weighted by Crippen LogP contribution is -2.33. The van der Waals surface area contributed by atoms with Gasteiger partial charge in [-0.2, -0.15) is 5.26 Å². The first-order valence-electron chi connectivity index (χ1n) is 5.18. The van der Waals surface area contributed by atoms with Gasteiger partial charge in [-0.1, -0.05) is 6.92 Å². The van der Waals surface area contributed by atoms with Crippen molar-refractivity contribution in [2.75, 3.05) is 39.3 Å². The van der Waals surface area contributed by atoms with E-state index in [9.17, 15) is 0 Å². The molecule has 13 heavy (non-hydrogen) atoms. The third-order valence-corrected chi connectivity index (χ3v) is 2.67. The van der Waals surface area contributed by atoms with Gasteiger partial charge in [-0.05, 0) is 32.5 Å². The second kappa shape index (κ2) is 5.95. The van der Waals surface area contributed by atoms with Crippen LogP contribution in [-0.4, -0.2) is 49.1 Å². The average molecular weight is 181 g/mol. The smallest absolute Gasteiger partial charge is 0.0866 e. The third-order valence-electron chi connectivity index (χ3n) is 2.67. The summed E-state index contributed by atoms with van der Waals surface area (Å²) >= 11 is 0. The van der Waals surface area contributed by atoms with Crippen molar-refractivity contribution in [1.82, 2.24) is 9.80 Å². The van der Waals surface area contributed by atoms with Gasteiger partial charge in [0, 0.05) is 13.1 Å². The van der Waals surface area contributed by atoms with Crippen molar-refractivity contribution in [3.8, 4) is 6.07 Å². The van der Waals surface area contributed by atoms with E-state index in [0.29, 0.717) is 6.54 Å². The summed E-state index contributed by atoms with van der Waals surface area (Å²) in [5.41, 5.74) is 0. The fourth-order valence-corrected chi connectivity index (χ4v) is 1.74. The number of hydrogen-bond acceptors (Lipinski definition) is 3. The molecule has 0 aliphatic carbocycles. The van der Waals surface area contributed by atoms with Crippen LogP contribution in [0, 0.1) is 11.3 Å². The molecule has 0 aromatic rings. The Hall–Kier alpha value is -0.590. The summed E-state index contributed by atoms with van der Waals surface area (Å²) in [4.78, 5) is 4.68. The Morgan fingerprint density at radius 2 is 2.08 bits per heavy atom. The van der Waals surface area contributed by atoms with Gasteiger partial charge in [0.15, 0.2) is 0 Å². The van der Waals surface area contributed by atoms with Gasteiger partial charge >= 0.3 is 0 Å². The summed E-state index contributed by atoms with van der Waals surface area (Å²) in [7, 11) is 0. The number of likely N-dealkylation sites (N-methyl/N-ethyl adjacent to an activating group) is 1. The molecule has 74 valence electrons. The Kier molecular flexibility index (Phi) is 4.81. The summed E-state index contributed by atoms with van der Waals surface area (Å²) in [5, 5.41) is 8.55. The maximum Gasteiger partial charge on any atom is 0.0866 e. The number of rotatable bonds is 5. The molecule has 0 unspecified atom stereocenters. The van der Waals surface area contributed by atoms with Gasteiger partial charge < -0.3 is 4.90 Å². The summed E-state index contributed by atoms with van der Waals surface area (Å²) in [6.45, 7) is 8.36. The van der Waals surface area contributed by atoms with E-state index in [0.717, 1.165) is 19.6 Å². The monoisotopic (exact) mass is 181 g/mol. The maximum absolute atomic E-state index is 8.55. The SMILES string of the molecule is CCN(CC#N)CCN1CCCC1. The number of hydrogen-bond donors (Lipinski definition) is 0. The molecule has 1 aliphatic rings. The first kappa shape index (κ1) is 10.5. The van der Waals surface area contributed by atoms with Gasteiger partial charge in [-0.25, -0.2) is 0 Å². The highest BCUT2D eigenvalue weighted by molar-refractivity contribution is 4.77. The Morgan fingerprint density at radius 3 is 2.62 bits per heavy atom.